The minimum atomic E-state index is 0.0989. The highest BCUT2D eigenvalue weighted by Crippen LogP contribution is 2.44. The van der Waals surface area contributed by atoms with Gasteiger partial charge in [-0.3, -0.25) is 14.7 Å². The Kier molecular flexibility index (Phi) is 5.60. The maximum absolute atomic E-state index is 13.2. The van der Waals surface area contributed by atoms with E-state index in [2.05, 4.69) is 40.5 Å². The molecule has 2 heterocycles. The molecule has 1 aromatic carbocycles. The number of benzene rings is 1. The molecule has 30 heavy (non-hydrogen) atoms. The monoisotopic (exact) mass is 403 g/mol. The number of pyridine rings is 1. The summed E-state index contributed by atoms with van der Waals surface area (Å²) in [6.45, 7) is 5.16. The highest BCUT2D eigenvalue weighted by molar-refractivity contribution is 5.95. The van der Waals surface area contributed by atoms with Gasteiger partial charge in [-0.25, -0.2) is 0 Å². The Morgan fingerprint density at radius 1 is 1.03 bits per heavy atom. The number of rotatable bonds is 5. The lowest BCUT2D eigenvalue weighted by Gasteiger charge is -2.32. The van der Waals surface area contributed by atoms with Gasteiger partial charge in [0.15, 0.2) is 0 Å². The third kappa shape index (κ3) is 4.15. The smallest absolute Gasteiger partial charge is 0.253 e. The van der Waals surface area contributed by atoms with Gasteiger partial charge in [0.2, 0.25) is 0 Å². The molecule has 3 atom stereocenters. The molecule has 1 amide bonds. The Bertz CT molecular complexity index is 888. The predicted octanol–water partition coefficient (Wildman–Crippen LogP) is 4.69. The Hall–Kier alpha value is -2.20. The fourth-order valence-corrected chi connectivity index (χ4v) is 5.95. The molecule has 3 aliphatic rings. The summed E-state index contributed by atoms with van der Waals surface area (Å²) in [6.07, 6.45) is 7.26. The molecule has 158 valence electrons. The summed E-state index contributed by atoms with van der Waals surface area (Å²) in [5.74, 6) is 2.01. The van der Waals surface area contributed by atoms with Gasteiger partial charge in [-0.1, -0.05) is 36.8 Å². The standard InChI is InChI=1S/C26H33N3O/c1-18-7-10-23(26(30)28-24-16-20-8-9-22(24)15-20)25(27-18)21-11-13-29(14-12-21)17-19-5-3-2-4-6-19/h2-7,10,20-22,24H,8-9,11-17H2,1H3,(H,28,30). The number of piperidine rings is 1. The van der Waals surface area contributed by atoms with E-state index in [9.17, 15) is 4.79 Å². The van der Waals surface area contributed by atoms with Crippen LogP contribution in [0.2, 0.25) is 0 Å². The summed E-state index contributed by atoms with van der Waals surface area (Å²) in [7, 11) is 0. The second kappa shape index (κ2) is 8.50. The highest BCUT2D eigenvalue weighted by Gasteiger charge is 2.40. The number of hydrogen-bond acceptors (Lipinski definition) is 3. The topological polar surface area (TPSA) is 45.2 Å². The van der Waals surface area contributed by atoms with Crippen LogP contribution in [-0.4, -0.2) is 34.9 Å². The van der Waals surface area contributed by atoms with Crippen molar-refractivity contribution in [2.45, 2.75) is 64.0 Å². The zero-order chi connectivity index (χ0) is 20.5. The van der Waals surface area contributed by atoms with E-state index in [-0.39, 0.29) is 5.91 Å². The molecule has 3 fully saturated rings. The normalized spacial score (nSPS) is 26.8. The van der Waals surface area contributed by atoms with E-state index < -0.39 is 0 Å². The number of likely N-dealkylation sites (tertiary alicyclic amines) is 1. The molecule has 3 unspecified atom stereocenters. The molecule has 4 nitrogen and oxygen atoms in total. The molecule has 1 saturated heterocycles. The van der Waals surface area contributed by atoms with E-state index in [1.54, 1.807) is 0 Å². The summed E-state index contributed by atoms with van der Waals surface area (Å²) in [6, 6.07) is 15.1. The minimum Gasteiger partial charge on any atom is -0.349 e. The maximum atomic E-state index is 13.2. The lowest BCUT2D eigenvalue weighted by atomic mass is 9.89. The lowest BCUT2D eigenvalue weighted by molar-refractivity contribution is 0.0920. The number of nitrogens with zero attached hydrogens (tertiary/aromatic N) is 2. The Balaban J connectivity index is 1.25. The summed E-state index contributed by atoms with van der Waals surface area (Å²) < 4.78 is 0. The fourth-order valence-electron chi connectivity index (χ4n) is 5.95. The van der Waals surface area contributed by atoms with Gasteiger partial charge in [0.05, 0.1) is 11.3 Å². The average Bonchev–Trinajstić information content (AvgIpc) is 3.38. The molecule has 5 rings (SSSR count). The van der Waals surface area contributed by atoms with Crippen LogP contribution in [0.3, 0.4) is 0 Å². The van der Waals surface area contributed by atoms with Crippen molar-refractivity contribution in [1.29, 1.82) is 0 Å². The molecule has 2 bridgehead atoms. The molecule has 1 N–H and O–H groups in total. The first-order valence-electron chi connectivity index (χ1n) is 11.7. The number of amides is 1. The maximum Gasteiger partial charge on any atom is 0.253 e. The number of carbonyl (C=O) groups is 1. The van der Waals surface area contributed by atoms with E-state index in [1.807, 2.05) is 19.1 Å². The van der Waals surface area contributed by atoms with Crippen molar-refractivity contribution in [3.05, 3.63) is 65.0 Å². The Morgan fingerprint density at radius 2 is 1.83 bits per heavy atom. The second-order valence-electron chi connectivity index (χ2n) is 9.68. The van der Waals surface area contributed by atoms with Crippen molar-refractivity contribution in [3.63, 3.8) is 0 Å². The largest absolute Gasteiger partial charge is 0.349 e. The second-order valence-corrected chi connectivity index (χ2v) is 9.68. The molecule has 1 aliphatic heterocycles. The van der Waals surface area contributed by atoms with Crippen LogP contribution < -0.4 is 5.32 Å². The Labute approximate surface area is 180 Å². The van der Waals surface area contributed by atoms with Crippen molar-refractivity contribution in [2.24, 2.45) is 11.8 Å². The molecule has 0 spiro atoms. The zero-order valence-electron chi connectivity index (χ0n) is 18.0. The average molecular weight is 404 g/mol. The predicted molar refractivity (Wildman–Crippen MR) is 119 cm³/mol. The number of hydrogen-bond donors (Lipinski definition) is 1. The molecule has 2 saturated carbocycles. The fraction of sp³-hybridized carbons (Fsp3) is 0.538. The molecule has 2 aliphatic carbocycles. The highest BCUT2D eigenvalue weighted by atomic mass is 16.1. The van der Waals surface area contributed by atoms with Crippen molar-refractivity contribution in [1.82, 2.24) is 15.2 Å². The summed E-state index contributed by atoms with van der Waals surface area (Å²) in [5, 5.41) is 3.38. The number of aromatic nitrogens is 1. The van der Waals surface area contributed by atoms with E-state index in [4.69, 9.17) is 4.98 Å². The summed E-state index contributed by atoms with van der Waals surface area (Å²) in [5.41, 5.74) is 4.21. The van der Waals surface area contributed by atoms with Gasteiger partial charge >= 0.3 is 0 Å². The molecule has 1 aromatic heterocycles. The molecule has 2 aromatic rings. The number of aryl methyl sites for hydroxylation is 1. The van der Waals surface area contributed by atoms with Crippen LogP contribution in [0, 0.1) is 18.8 Å². The quantitative estimate of drug-likeness (QED) is 0.788. The molecule has 0 radical (unpaired) electrons. The third-order valence-electron chi connectivity index (χ3n) is 7.59. The van der Waals surface area contributed by atoms with Crippen LogP contribution in [0.1, 0.15) is 71.8 Å². The van der Waals surface area contributed by atoms with Crippen LogP contribution in [0.5, 0.6) is 0 Å². The van der Waals surface area contributed by atoms with Crippen molar-refractivity contribution in [2.75, 3.05) is 13.1 Å². The van der Waals surface area contributed by atoms with Gasteiger partial charge < -0.3 is 5.32 Å². The number of carbonyl (C=O) groups excluding carboxylic acids is 1. The van der Waals surface area contributed by atoms with Crippen molar-refractivity contribution in [3.8, 4) is 0 Å². The third-order valence-corrected chi connectivity index (χ3v) is 7.59. The van der Waals surface area contributed by atoms with E-state index in [0.717, 1.165) is 55.3 Å². The molecule has 4 heteroatoms. The van der Waals surface area contributed by atoms with Gasteiger partial charge in [0.1, 0.15) is 0 Å². The lowest BCUT2D eigenvalue weighted by Crippen LogP contribution is -2.39. The first-order chi connectivity index (χ1) is 14.7. The van der Waals surface area contributed by atoms with Gasteiger partial charge in [-0.2, -0.15) is 0 Å². The SMILES string of the molecule is Cc1ccc(C(=O)NC2CC3CCC2C3)c(C2CCN(Cc3ccccc3)CC2)n1. The van der Waals surface area contributed by atoms with Crippen LogP contribution in [-0.2, 0) is 6.54 Å². The number of nitrogens with one attached hydrogen (secondary N) is 1. The van der Waals surface area contributed by atoms with Crippen LogP contribution in [0.15, 0.2) is 42.5 Å². The van der Waals surface area contributed by atoms with E-state index >= 15 is 0 Å². The van der Waals surface area contributed by atoms with E-state index in [0.29, 0.717) is 17.9 Å². The zero-order valence-corrected chi connectivity index (χ0v) is 18.0. The minimum absolute atomic E-state index is 0.0989. The van der Waals surface area contributed by atoms with E-state index in [1.165, 1.54) is 31.2 Å². The first kappa shape index (κ1) is 19.7. The van der Waals surface area contributed by atoms with Gasteiger partial charge in [-0.05, 0) is 81.6 Å². The van der Waals surface area contributed by atoms with Crippen LogP contribution >= 0.6 is 0 Å². The van der Waals surface area contributed by atoms with Crippen LogP contribution in [0.25, 0.3) is 0 Å². The van der Waals surface area contributed by atoms with Crippen molar-refractivity contribution >= 4 is 5.91 Å². The Morgan fingerprint density at radius 3 is 2.53 bits per heavy atom. The van der Waals surface area contributed by atoms with Crippen LogP contribution in [0.4, 0.5) is 0 Å². The first-order valence-corrected chi connectivity index (χ1v) is 11.7. The van der Waals surface area contributed by atoms with Gasteiger partial charge in [0.25, 0.3) is 5.91 Å². The molecular formula is C26H33N3O. The van der Waals surface area contributed by atoms with Gasteiger partial charge in [-0.15, -0.1) is 0 Å². The van der Waals surface area contributed by atoms with Gasteiger partial charge in [0, 0.05) is 24.2 Å². The van der Waals surface area contributed by atoms with Crippen molar-refractivity contribution < 1.29 is 4.79 Å². The summed E-state index contributed by atoms with van der Waals surface area (Å²) >= 11 is 0. The number of fused-ring (bicyclic) bond motifs is 2. The summed E-state index contributed by atoms with van der Waals surface area (Å²) in [4.78, 5) is 20.6. The molecular weight excluding hydrogens is 370 g/mol.